The van der Waals surface area contributed by atoms with Crippen LogP contribution in [0.15, 0.2) is 30.3 Å². The Morgan fingerprint density at radius 3 is 2.68 bits per heavy atom. The molecule has 6 nitrogen and oxygen atoms in total. The smallest absolute Gasteiger partial charge is 0.331 e. The van der Waals surface area contributed by atoms with E-state index in [1.807, 2.05) is 41.8 Å². The summed E-state index contributed by atoms with van der Waals surface area (Å²) in [6.45, 7) is 3.31. The summed E-state index contributed by atoms with van der Waals surface area (Å²) in [7, 11) is 1.40. The topological polar surface area (TPSA) is 80.6 Å². The average Bonchev–Trinajstić information content (AvgIpc) is 2.75. The molecule has 22 heavy (non-hydrogen) atoms. The van der Waals surface area contributed by atoms with Gasteiger partial charge < -0.3 is 19.7 Å². The molecule has 0 bridgehead atoms. The van der Waals surface area contributed by atoms with Crippen LogP contribution in [0.5, 0.6) is 0 Å². The molecule has 1 aromatic heterocycles. The van der Waals surface area contributed by atoms with Crippen molar-refractivity contribution in [1.29, 1.82) is 0 Å². The van der Waals surface area contributed by atoms with Crippen molar-refractivity contribution in [2.75, 3.05) is 13.7 Å². The van der Waals surface area contributed by atoms with Crippen LogP contribution in [0.2, 0.25) is 0 Å². The van der Waals surface area contributed by atoms with Gasteiger partial charge in [-0.1, -0.05) is 18.2 Å². The quantitative estimate of drug-likeness (QED) is 0.848. The first-order valence-electron chi connectivity index (χ1n) is 6.95. The molecule has 0 aliphatic heterocycles. The number of hydrogen-bond acceptors (Lipinski definition) is 3. The minimum absolute atomic E-state index is 0.0614. The number of rotatable bonds is 6. The van der Waals surface area contributed by atoms with Crippen LogP contribution in [0.3, 0.4) is 0 Å². The van der Waals surface area contributed by atoms with E-state index in [9.17, 15) is 14.7 Å². The van der Waals surface area contributed by atoms with Gasteiger partial charge in [-0.2, -0.15) is 0 Å². The summed E-state index contributed by atoms with van der Waals surface area (Å²) in [5.74, 6) is -1.50. The van der Waals surface area contributed by atoms with Crippen LogP contribution in [0.25, 0.3) is 10.9 Å². The number of carboxylic acid groups (broad SMARTS) is 1. The van der Waals surface area contributed by atoms with Gasteiger partial charge in [-0.25, -0.2) is 4.79 Å². The fourth-order valence-electron chi connectivity index (χ4n) is 2.49. The third kappa shape index (κ3) is 3.12. The van der Waals surface area contributed by atoms with Crippen molar-refractivity contribution in [3.8, 4) is 0 Å². The molecule has 1 atom stereocenters. The van der Waals surface area contributed by atoms with Crippen molar-refractivity contribution >= 4 is 22.8 Å². The molecule has 0 saturated carbocycles. The van der Waals surface area contributed by atoms with Crippen molar-refractivity contribution in [1.82, 2.24) is 9.88 Å². The van der Waals surface area contributed by atoms with Gasteiger partial charge >= 0.3 is 5.97 Å². The molecule has 0 spiro atoms. The molecule has 2 aromatic rings. The summed E-state index contributed by atoms with van der Waals surface area (Å²) in [6.07, 6.45) is 0. The van der Waals surface area contributed by atoms with Crippen molar-refractivity contribution in [3.05, 3.63) is 36.0 Å². The number of benzene rings is 1. The first-order valence-corrected chi connectivity index (χ1v) is 6.95. The van der Waals surface area contributed by atoms with Gasteiger partial charge in [0, 0.05) is 18.3 Å². The number of ether oxygens (including phenoxy) is 1. The molecule has 2 rings (SSSR count). The van der Waals surface area contributed by atoms with Gasteiger partial charge in [-0.3, -0.25) is 4.79 Å². The Labute approximate surface area is 128 Å². The fourth-order valence-corrected chi connectivity index (χ4v) is 2.49. The molecule has 1 heterocycles. The number of aryl methyl sites for hydroxylation is 1. The first-order chi connectivity index (χ1) is 10.4. The van der Waals surface area contributed by atoms with Crippen LogP contribution in [0, 0.1) is 6.92 Å². The molecular formula is C16H20N2O4. The average molecular weight is 304 g/mol. The number of aromatic nitrogens is 1. The monoisotopic (exact) mass is 304 g/mol. The zero-order valence-electron chi connectivity index (χ0n) is 12.9. The van der Waals surface area contributed by atoms with Gasteiger partial charge in [-0.05, 0) is 31.4 Å². The predicted octanol–water partition coefficient (Wildman–Crippen LogP) is 1.56. The molecule has 6 heteroatoms. The maximum atomic E-state index is 12.3. The van der Waals surface area contributed by atoms with Crippen molar-refractivity contribution in [2.24, 2.45) is 0 Å². The lowest BCUT2D eigenvalue weighted by Gasteiger charge is -2.25. The SMILES string of the molecule is COCC(C)(NC(=O)Cn1c(C)cc2ccccc21)C(=O)O. The van der Waals surface area contributed by atoms with Gasteiger partial charge in [0.15, 0.2) is 5.54 Å². The molecule has 1 amide bonds. The van der Waals surface area contributed by atoms with E-state index in [1.54, 1.807) is 0 Å². The minimum Gasteiger partial charge on any atom is -0.479 e. The Kier molecular flexibility index (Phi) is 4.51. The standard InChI is InChI=1S/C16H20N2O4/c1-11-8-12-6-4-5-7-13(12)18(11)9-14(19)17-16(2,10-22-3)15(20)21/h4-8H,9-10H2,1-3H3,(H,17,19)(H,20,21). The van der Waals surface area contributed by atoms with E-state index in [-0.39, 0.29) is 19.1 Å². The normalized spacial score (nSPS) is 13.8. The van der Waals surface area contributed by atoms with Crippen molar-refractivity contribution < 1.29 is 19.4 Å². The van der Waals surface area contributed by atoms with E-state index in [0.29, 0.717) is 0 Å². The van der Waals surface area contributed by atoms with E-state index in [2.05, 4.69) is 5.32 Å². The van der Waals surface area contributed by atoms with Gasteiger partial charge in [0.05, 0.1) is 6.61 Å². The zero-order valence-corrected chi connectivity index (χ0v) is 12.9. The minimum atomic E-state index is -1.44. The summed E-state index contributed by atoms with van der Waals surface area (Å²) in [5, 5.41) is 12.9. The Balaban J connectivity index is 2.20. The van der Waals surface area contributed by atoms with Crippen molar-refractivity contribution in [2.45, 2.75) is 25.9 Å². The largest absolute Gasteiger partial charge is 0.479 e. The Hall–Kier alpha value is -2.34. The highest BCUT2D eigenvalue weighted by Crippen LogP contribution is 2.19. The Morgan fingerprint density at radius 2 is 2.05 bits per heavy atom. The zero-order chi connectivity index (χ0) is 16.3. The van der Waals surface area contributed by atoms with E-state index < -0.39 is 11.5 Å². The lowest BCUT2D eigenvalue weighted by Crippen LogP contribution is -2.56. The molecule has 0 radical (unpaired) electrons. The Morgan fingerprint density at radius 1 is 1.36 bits per heavy atom. The highest BCUT2D eigenvalue weighted by molar-refractivity contribution is 5.88. The van der Waals surface area contributed by atoms with E-state index in [0.717, 1.165) is 16.6 Å². The second kappa shape index (κ2) is 6.19. The number of nitrogens with zero attached hydrogens (tertiary/aromatic N) is 1. The van der Waals surface area contributed by atoms with E-state index in [4.69, 9.17) is 4.74 Å². The fraction of sp³-hybridized carbons (Fsp3) is 0.375. The summed E-state index contributed by atoms with van der Waals surface area (Å²) in [5.41, 5.74) is 0.446. The number of methoxy groups -OCH3 is 1. The first kappa shape index (κ1) is 16.0. The number of amides is 1. The number of aliphatic carboxylic acids is 1. The maximum Gasteiger partial charge on any atom is 0.331 e. The van der Waals surface area contributed by atoms with Crippen LogP contribution < -0.4 is 5.32 Å². The number of hydrogen-bond donors (Lipinski definition) is 2. The third-order valence-corrected chi connectivity index (χ3v) is 3.64. The summed E-state index contributed by atoms with van der Waals surface area (Å²) < 4.78 is 6.76. The second-order valence-corrected chi connectivity index (χ2v) is 5.55. The highest BCUT2D eigenvalue weighted by Gasteiger charge is 2.35. The predicted molar refractivity (Wildman–Crippen MR) is 82.7 cm³/mol. The van der Waals surface area contributed by atoms with Crippen LogP contribution >= 0.6 is 0 Å². The molecule has 0 saturated heterocycles. The number of carbonyl (C=O) groups is 2. The van der Waals surface area contributed by atoms with Gasteiger partial charge in [-0.15, -0.1) is 0 Å². The number of fused-ring (bicyclic) bond motifs is 1. The number of carboxylic acids is 1. The molecule has 0 aliphatic carbocycles. The Bertz CT molecular complexity index is 707. The summed E-state index contributed by atoms with van der Waals surface area (Å²) in [4.78, 5) is 23.6. The molecular weight excluding hydrogens is 284 g/mol. The van der Waals surface area contributed by atoms with Crippen LogP contribution in [0.1, 0.15) is 12.6 Å². The van der Waals surface area contributed by atoms with E-state index >= 15 is 0 Å². The van der Waals surface area contributed by atoms with Crippen LogP contribution in [-0.4, -0.2) is 40.8 Å². The third-order valence-electron chi connectivity index (χ3n) is 3.64. The molecule has 0 aliphatic rings. The van der Waals surface area contributed by atoms with E-state index in [1.165, 1.54) is 14.0 Å². The lowest BCUT2D eigenvalue weighted by atomic mass is 10.0. The molecule has 0 fully saturated rings. The van der Waals surface area contributed by atoms with Crippen molar-refractivity contribution in [3.63, 3.8) is 0 Å². The van der Waals surface area contributed by atoms with Gasteiger partial charge in [0.25, 0.3) is 0 Å². The summed E-state index contributed by atoms with van der Waals surface area (Å²) in [6, 6.07) is 9.74. The second-order valence-electron chi connectivity index (χ2n) is 5.55. The molecule has 2 N–H and O–H groups in total. The van der Waals surface area contributed by atoms with Crippen LogP contribution in [0.4, 0.5) is 0 Å². The maximum absolute atomic E-state index is 12.3. The highest BCUT2D eigenvalue weighted by atomic mass is 16.5. The van der Waals surface area contributed by atoms with Gasteiger partial charge in [0.2, 0.25) is 5.91 Å². The number of carbonyl (C=O) groups excluding carboxylic acids is 1. The number of para-hydroxylation sites is 1. The summed E-state index contributed by atoms with van der Waals surface area (Å²) >= 11 is 0. The molecule has 1 unspecified atom stereocenters. The molecule has 118 valence electrons. The van der Waals surface area contributed by atoms with Gasteiger partial charge in [0.1, 0.15) is 6.54 Å². The lowest BCUT2D eigenvalue weighted by molar-refractivity contribution is -0.149. The number of nitrogens with one attached hydrogen (secondary N) is 1. The van der Waals surface area contributed by atoms with Crippen LogP contribution in [-0.2, 0) is 20.9 Å². The molecule has 1 aromatic carbocycles.